The standard InChI is InChI=1S/C4H7FO/c5-4-2-1-3-6-4/h4H,1-3H2/t4-/m0/s1. The molecule has 0 aromatic heterocycles. The van der Waals surface area contributed by atoms with E-state index in [9.17, 15) is 4.39 Å². The van der Waals surface area contributed by atoms with E-state index in [-0.39, 0.29) is 0 Å². The number of ether oxygens (including phenoxy) is 1. The Morgan fingerprint density at radius 1 is 1.67 bits per heavy atom. The summed E-state index contributed by atoms with van der Waals surface area (Å²) in [6, 6.07) is 0. The summed E-state index contributed by atoms with van der Waals surface area (Å²) in [6.45, 7) is 0.612. The molecule has 0 aliphatic carbocycles. The van der Waals surface area contributed by atoms with Crippen LogP contribution in [-0.4, -0.2) is 13.0 Å². The molecule has 6 heavy (non-hydrogen) atoms. The van der Waals surface area contributed by atoms with Crippen LogP contribution in [0.4, 0.5) is 4.39 Å². The molecule has 1 nitrogen and oxygen atoms in total. The molecule has 2 heteroatoms. The topological polar surface area (TPSA) is 9.23 Å². The van der Waals surface area contributed by atoms with Gasteiger partial charge in [0.2, 0.25) is 0 Å². The predicted molar refractivity (Wildman–Crippen MR) is 20.1 cm³/mol. The molecule has 1 rings (SSSR count). The summed E-state index contributed by atoms with van der Waals surface area (Å²) in [4.78, 5) is 0. The third kappa shape index (κ3) is 0.684. The SMILES string of the molecule is F[C@@H]1CCCO1. The van der Waals surface area contributed by atoms with Gasteiger partial charge in [-0.05, 0) is 6.42 Å². The van der Waals surface area contributed by atoms with Crippen molar-refractivity contribution in [3.8, 4) is 0 Å². The molecule has 0 bridgehead atoms. The van der Waals surface area contributed by atoms with Crippen molar-refractivity contribution in [2.45, 2.75) is 19.2 Å². The van der Waals surface area contributed by atoms with Crippen LogP contribution in [0.5, 0.6) is 0 Å². The Bertz CT molecular complexity index is 40.8. The van der Waals surface area contributed by atoms with Gasteiger partial charge in [-0.25, -0.2) is 4.39 Å². The first-order chi connectivity index (χ1) is 2.89. The minimum atomic E-state index is -0.954. The zero-order chi connectivity index (χ0) is 4.41. The number of hydrogen-bond acceptors (Lipinski definition) is 1. The van der Waals surface area contributed by atoms with Gasteiger partial charge in [0.1, 0.15) is 0 Å². The van der Waals surface area contributed by atoms with Crippen LogP contribution in [0.2, 0.25) is 0 Å². The highest BCUT2D eigenvalue weighted by Crippen LogP contribution is 2.11. The van der Waals surface area contributed by atoms with Gasteiger partial charge in [-0.3, -0.25) is 0 Å². The molecule has 0 saturated carbocycles. The van der Waals surface area contributed by atoms with Gasteiger partial charge < -0.3 is 4.74 Å². The lowest BCUT2D eigenvalue weighted by molar-refractivity contribution is 0.00946. The van der Waals surface area contributed by atoms with E-state index < -0.39 is 6.36 Å². The highest BCUT2D eigenvalue weighted by Gasteiger charge is 2.11. The Morgan fingerprint density at radius 2 is 2.50 bits per heavy atom. The van der Waals surface area contributed by atoms with Crippen LogP contribution in [-0.2, 0) is 4.74 Å². The first-order valence-electron chi connectivity index (χ1n) is 2.15. The van der Waals surface area contributed by atoms with Gasteiger partial charge >= 0.3 is 0 Å². The molecule has 0 aromatic rings. The zero-order valence-electron chi connectivity index (χ0n) is 3.48. The van der Waals surface area contributed by atoms with Crippen molar-refractivity contribution in [2.24, 2.45) is 0 Å². The van der Waals surface area contributed by atoms with E-state index in [4.69, 9.17) is 0 Å². The third-order valence-corrected chi connectivity index (χ3v) is 0.874. The van der Waals surface area contributed by atoms with Crippen LogP contribution in [0.3, 0.4) is 0 Å². The normalized spacial score (nSPS) is 34.5. The van der Waals surface area contributed by atoms with Gasteiger partial charge in [-0.15, -0.1) is 0 Å². The molecule has 1 fully saturated rings. The van der Waals surface area contributed by atoms with Crippen LogP contribution in [0.25, 0.3) is 0 Å². The van der Waals surface area contributed by atoms with E-state index in [2.05, 4.69) is 4.74 Å². The Kier molecular flexibility index (Phi) is 1.05. The minimum absolute atomic E-state index is 0.597. The summed E-state index contributed by atoms with van der Waals surface area (Å²) >= 11 is 0. The van der Waals surface area contributed by atoms with Crippen molar-refractivity contribution in [1.82, 2.24) is 0 Å². The fourth-order valence-corrected chi connectivity index (χ4v) is 0.538. The molecule has 0 amide bonds. The fourth-order valence-electron chi connectivity index (χ4n) is 0.538. The Hall–Kier alpha value is -0.110. The van der Waals surface area contributed by atoms with Crippen molar-refractivity contribution >= 4 is 0 Å². The second-order valence-corrected chi connectivity index (χ2v) is 1.42. The van der Waals surface area contributed by atoms with E-state index in [0.717, 1.165) is 6.42 Å². The first kappa shape index (κ1) is 4.06. The molecular formula is C4H7FO. The molecule has 1 heterocycles. The largest absolute Gasteiger partial charge is 0.348 e. The summed E-state index contributed by atoms with van der Waals surface area (Å²) in [6.07, 6.45) is 0.534. The van der Waals surface area contributed by atoms with Crippen LogP contribution < -0.4 is 0 Å². The van der Waals surface area contributed by atoms with Gasteiger partial charge in [0.15, 0.2) is 6.36 Å². The summed E-state index contributed by atoms with van der Waals surface area (Å²) < 4.78 is 16.2. The maximum absolute atomic E-state index is 11.7. The van der Waals surface area contributed by atoms with Gasteiger partial charge in [0, 0.05) is 6.42 Å². The number of alkyl halides is 1. The Balaban J connectivity index is 2.18. The predicted octanol–water partition coefficient (Wildman–Crippen LogP) is 1.09. The van der Waals surface area contributed by atoms with Crippen molar-refractivity contribution in [3.63, 3.8) is 0 Å². The summed E-state index contributed by atoms with van der Waals surface area (Å²) in [7, 11) is 0. The molecule has 0 radical (unpaired) electrons. The molecule has 0 spiro atoms. The second kappa shape index (κ2) is 1.56. The van der Waals surface area contributed by atoms with E-state index in [1.54, 1.807) is 0 Å². The smallest absolute Gasteiger partial charge is 0.198 e. The number of rotatable bonds is 0. The first-order valence-corrected chi connectivity index (χ1v) is 2.15. The molecule has 1 aliphatic heterocycles. The quantitative estimate of drug-likeness (QED) is 0.432. The molecular weight excluding hydrogens is 83.0 g/mol. The summed E-state index contributed by atoms with van der Waals surface area (Å²) in [5.74, 6) is 0. The molecule has 1 saturated heterocycles. The minimum Gasteiger partial charge on any atom is -0.348 e. The number of hydrogen-bond donors (Lipinski definition) is 0. The van der Waals surface area contributed by atoms with E-state index in [1.807, 2.05) is 0 Å². The third-order valence-electron chi connectivity index (χ3n) is 0.874. The summed E-state index contributed by atoms with van der Waals surface area (Å²) in [5, 5.41) is 0. The summed E-state index contributed by atoms with van der Waals surface area (Å²) in [5.41, 5.74) is 0. The van der Waals surface area contributed by atoms with Crippen molar-refractivity contribution < 1.29 is 9.13 Å². The highest BCUT2D eigenvalue weighted by atomic mass is 19.1. The average Bonchev–Trinajstić information content (AvgIpc) is 1.86. The maximum Gasteiger partial charge on any atom is 0.198 e. The van der Waals surface area contributed by atoms with Crippen molar-refractivity contribution in [1.29, 1.82) is 0 Å². The molecule has 0 aromatic carbocycles. The molecule has 0 unspecified atom stereocenters. The second-order valence-electron chi connectivity index (χ2n) is 1.42. The van der Waals surface area contributed by atoms with Gasteiger partial charge in [-0.2, -0.15) is 0 Å². The molecule has 1 aliphatic rings. The fraction of sp³-hybridized carbons (Fsp3) is 1.00. The van der Waals surface area contributed by atoms with Crippen LogP contribution in [0.15, 0.2) is 0 Å². The van der Waals surface area contributed by atoms with Crippen molar-refractivity contribution in [3.05, 3.63) is 0 Å². The van der Waals surface area contributed by atoms with E-state index in [0.29, 0.717) is 13.0 Å². The molecule has 1 atom stereocenters. The van der Waals surface area contributed by atoms with E-state index in [1.165, 1.54) is 0 Å². The highest BCUT2D eigenvalue weighted by molar-refractivity contribution is 4.50. The Morgan fingerprint density at radius 3 is 2.67 bits per heavy atom. The average molecular weight is 90.1 g/mol. The van der Waals surface area contributed by atoms with Gasteiger partial charge in [0.25, 0.3) is 0 Å². The van der Waals surface area contributed by atoms with E-state index >= 15 is 0 Å². The van der Waals surface area contributed by atoms with Gasteiger partial charge in [0.05, 0.1) is 6.61 Å². The lowest BCUT2D eigenvalue weighted by Gasteiger charge is -1.89. The monoisotopic (exact) mass is 90.0 g/mol. The van der Waals surface area contributed by atoms with Crippen molar-refractivity contribution in [2.75, 3.05) is 6.61 Å². The maximum atomic E-state index is 11.7. The molecule has 0 N–H and O–H groups in total. The lowest BCUT2D eigenvalue weighted by Crippen LogP contribution is -1.91. The Labute approximate surface area is 36.1 Å². The lowest BCUT2D eigenvalue weighted by atomic mass is 10.4. The van der Waals surface area contributed by atoms with Gasteiger partial charge in [-0.1, -0.05) is 0 Å². The van der Waals surface area contributed by atoms with Crippen LogP contribution >= 0.6 is 0 Å². The van der Waals surface area contributed by atoms with Crippen LogP contribution in [0.1, 0.15) is 12.8 Å². The number of halogens is 1. The zero-order valence-corrected chi connectivity index (χ0v) is 3.48. The molecule has 36 valence electrons. The van der Waals surface area contributed by atoms with Crippen LogP contribution in [0, 0.1) is 0 Å².